The van der Waals surface area contributed by atoms with Crippen molar-refractivity contribution in [2.45, 2.75) is 52.1 Å². The van der Waals surface area contributed by atoms with Crippen molar-refractivity contribution in [2.75, 3.05) is 18.0 Å². The molecule has 19 heavy (non-hydrogen) atoms. The Hall–Kier alpha value is -0.540. The Labute approximate surface area is 125 Å². The molecule has 2 rings (SSSR count). The normalized spacial score (nSPS) is 14.7. The van der Waals surface area contributed by atoms with Gasteiger partial charge in [-0.2, -0.15) is 0 Å². The fourth-order valence-corrected chi connectivity index (χ4v) is 2.83. The monoisotopic (exact) mass is 324 g/mol. The van der Waals surface area contributed by atoms with E-state index in [1.165, 1.54) is 48.0 Å². The van der Waals surface area contributed by atoms with Crippen LogP contribution in [0.1, 0.15) is 45.1 Å². The highest BCUT2D eigenvalue weighted by molar-refractivity contribution is 9.10. The summed E-state index contributed by atoms with van der Waals surface area (Å²) in [6.45, 7) is 7.71. The minimum atomic E-state index is 0.777. The van der Waals surface area contributed by atoms with Crippen molar-refractivity contribution >= 4 is 21.6 Å². The summed E-state index contributed by atoms with van der Waals surface area (Å²) in [6.07, 6.45) is 5.11. The van der Waals surface area contributed by atoms with Crippen LogP contribution in [0.4, 0.5) is 5.69 Å². The molecule has 0 heterocycles. The molecule has 0 unspecified atom stereocenters. The lowest BCUT2D eigenvalue weighted by Gasteiger charge is -2.27. The van der Waals surface area contributed by atoms with Gasteiger partial charge in [0.25, 0.3) is 0 Å². The molecule has 0 radical (unpaired) electrons. The Kier molecular flexibility index (Phi) is 5.71. The second-order valence-corrected chi connectivity index (χ2v) is 6.29. The van der Waals surface area contributed by atoms with Crippen molar-refractivity contribution in [1.82, 2.24) is 5.32 Å². The average molecular weight is 325 g/mol. The molecule has 0 aliphatic heterocycles. The smallest absolute Gasteiger partial charge is 0.0425 e. The molecule has 0 aromatic heterocycles. The van der Waals surface area contributed by atoms with Gasteiger partial charge in [-0.1, -0.05) is 35.8 Å². The molecule has 1 N–H and O–H groups in total. The highest BCUT2D eigenvalue weighted by Crippen LogP contribution is 2.35. The van der Waals surface area contributed by atoms with Crippen molar-refractivity contribution in [1.29, 1.82) is 0 Å². The zero-order valence-electron chi connectivity index (χ0n) is 12.1. The van der Waals surface area contributed by atoms with Gasteiger partial charge in [0.05, 0.1) is 0 Å². The summed E-state index contributed by atoms with van der Waals surface area (Å²) < 4.78 is 1.18. The van der Waals surface area contributed by atoms with E-state index in [2.05, 4.69) is 58.2 Å². The van der Waals surface area contributed by atoms with Gasteiger partial charge >= 0.3 is 0 Å². The summed E-state index contributed by atoms with van der Waals surface area (Å²) in [5.41, 5.74) is 2.85. The highest BCUT2D eigenvalue weighted by atomic mass is 79.9. The first kappa shape index (κ1) is 14.9. The number of halogens is 1. The van der Waals surface area contributed by atoms with Crippen molar-refractivity contribution in [3.63, 3.8) is 0 Å². The van der Waals surface area contributed by atoms with Crippen LogP contribution in [0, 0.1) is 0 Å². The van der Waals surface area contributed by atoms with Gasteiger partial charge in [-0.15, -0.1) is 0 Å². The lowest BCUT2D eigenvalue weighted by molar-refractivity contribution is 0.669. The van der Waals surface area contributed by atoms with Crippen LogP contribution < -0.4 is 10.2 Å². The molecule has 0 bridgehead atoms. The highest BCUT2D eigenvalue weighted by Gasteiger charge is 2.29. The molecule has 2 nitrogen and oxygen atoms in total. The number of rotatable bonds is 8. The van der Waals surface area contributed by atoms with E-state index >= 15 is 0 Å². The number of hydrogen-bond acceptors (Lipinski definition) is 2. The molecule has 1 saturated carbocycles. The summed E-state index contributed by atoms with van der Waals surface area (Å²) in [7, 11) is 0. The Balaban J connectivity index is 2.16. The lowest BCUT2D eigenvalue weighted by atomic mass is 10.1. The molecule has 1 aliphatic carbocycles. The van der Waals surface area contributed by atoms with Gasteiger partial charge in [-0.3, -0.25) is 0 Å². The third-order valence-electron chi connectivity index (χ3n) is 3.55. The van der Waals surface area contributed by atoms with Gasteiger partial charge in [0.2, 0.25) is 0 Å². The second-order valence-electron chi connectivity index (χ2n) is 5.37. The van der Waals surface area contributed by atoms with E-state index in [1.54, 1.807) is 0 Å². The molecular formula is C16H25BrN2. The van der Waals surface area contributed by atoms with E-state index < -0.39 is 0 Å². The summed E-state index contributed by atoms with van der Waals surface area (Å²) >= 11 is 3.62. The quantitative estimate of drug-likeness (QED) is 0.716. The van der Waals surface area contributed by atoms with E-state index in [1.807, 2.05) is 0 Å². The molecule has 1 fully saturated rings. The van der Waals surface area contributed by atoms with E-state index in [-0.39, 0.29) is 0 Å². The molecule has 3 heteroatoms. The molecule has 1 aliphatic rings. The van der Waals surface area contributed by atoms with Crippen LogP contribution in [-0.2, 0) is 6.54 Å². The number of benzene rings is 1. The molecule has 1 aromatic carbocycles. The predicted octanol–water partition coefficient (Wildman–Crippen LogP) is 4.33. The molecule has 0 saturated heterocycles. The van der Waals surface area contributed by atoms with Crippen LogP contribution in [0.2, 0.25) is 0 Å². The first-order valence-electron chi connectivity index (χ1n) is 7.52. The summed E-state index contributed by atoms with van der Waals surface area (Å²) in [5, 5.41) is 3.53. The van der Waals surface area contributed by atoms with Crippen LogP contribution in [-0.4, -0.2) is 19.1 Å². The van der Waals surface area contributed by atoms with Crippen LogP contribution in [0.3, 0.4) is 0 Å². The Morgan fingerprint density at radius 2 is 2.05 bits per heavy atom. The summed E-state index contributed by atoms with van der Waals surface area (Å²) in [5.74, 6) is 0. The predicted molar refractivity (Wildman–Crippen MR) is 86.8 cm³/mol. The molecule has 0 atom stereocenters. The summed E-state index contributed by atoms with van der Waals surface area (Å²) in [6, 6.07) is 7.48. The van der Waals surface area contributed by atoms with E-state index in [9.17, 15) is 0 Å². The molecule has 106 valence electrons. The van der Waals surface area contributed by atoms with Crippen LogP contribution in [0.5, 0.6) is 0 Å². The molecular weight excluding hydrogens is 300 g/mol. The van der Waals surface area contributed by atoms with Crippen molar-refractivity contribution < 1.29 is 0 Å². The lowest BCUT2D eigenvalue weighted by Crippen LogP contribution is -2.28. The van der Waals surface area contributed by atoms with E-state index in [4.69, 9.17) is 0 Å². The Bertz CT molecular complexity index is 402. The van der Waals surface area contributed by atoms with Crippen LogP contribution in [0.25, 0.3) is 0 Å². The second kappa shape index (κ2) is 7.30. The fourth-order valence-electron chi connectivity index (χ4n) is 2.48. The largest absolute Gasteiger partial charge is 0.368 e. The zero-order chi connectivity index (χ0) is 13.7. The minimum absolute atomic E-state index is 0.777. The molecule has 0 spiro atoms. The molecule has 0 amide bonds. The Morgan fingerprint density at radius 1 is 1.26 bits per heavy atom. The maximum Gasteiger partial charge on any atom is 0.0425 e. The van der Waals surface area contributed by atoms with Crippen LogP contribution in [0.15, 0.2) is 22.7 Å². The van der Waals surface area contributed by atoms with E-state index in [0.29, 0.717) is 0 Å². The maximum atomic E-state index is 3.62. The van der Waals surface area contributed by atoms with Gasteiger partial charge in [0.15, 0.2) is 0 Å². The van der Waals surface area contributed by atoms with Crippen LogP contribution >= 0.6 is 15.9 Å². The van der Waals surface area contributed by atoms with Gasteiger partial charge in [0.1, 0.15) is 0 Å². The standard InChI is InChI=1S/C16H25BrN2/c1-3-9-18-12-13-5-6-14(17)11-16(13)19(10-4-2)15-7-8-15/h5-6,11,15,18H,3-4,7-10,12H2,1-2H3. The average Bonchev–Trinajstić information content (AvgIpc) is 3.22. The molecule has 1 aromatic rings. The zero-order valence-corrected chi connectivity index (χ0v) is 13.7. The number of hydrogen-bond donors (Lipinski definition) is 1. The topological polar surface area (TPSA) is 15.3 Å². The van der Waals surface area contributed by atoms with Gasteiger partial charge in [-0.25, -0.2) is 0 Å². The Morgan fingerprint density at radius 3 is 2.68 bits per heavy atom. The van der Waals surface area contributed by atoms with Gasteiger partial charge in [0, 0.05) is 29.3 Å². The maximum absolute atomic E-state index is 3.62. The van der Waals surface area contributed by atoms with Crippen molar-refractivity contribution in [3.8, 4) is 0 Å². The van der Waals surface area contributed by atoms with E-state index in [0.717, 1.165) is 19.1 Å². The van der Waals surface area contributed by atoms with Gasteiger partial charge < -0.3 is 10.2 Å². The van der Waals surface area contributed by atoms with Crippen molar-refractivity contribution in [3.05, 3.63) is 28.2 Å². The number of anilines is 1. The SMILES string of the molecule is CCCNCc1ccc(Br)cc1N(CCC)C1CC1. The third-order valence-corrected chi connectivity index (χ3v) is 4.04. The van der Waals surface area contributed by atoms with Gasteiger partial charge in [-0.05, 0) is 49.9 Å². The minimum Gasteiger partial charge on any atom is -0.368 e. The first-order chi connectivity index (χ1) is 9.26. The first-order valence-corrected chi connectivity index (χ1v) is 8.31. The summed E-state index contributed by atoms with van der Waals surface area (Å²) in [4.78, 5) is 2.60. The number of nitrogens with one attached hydrogen (secondary N) is 1. The number of nitrogens with zero attached hydrogens (tertiary/aromatic N) is 1. The fraction of sp³-hybridized carbons (Fsp3) is 0.625. The van der Waals surface area contributed by atoms with Crippen molar-refractivity contribution in [2.24, 2.45) is 0 Å². The third kappa shape index (κ3) is 4.22.